The number of hydrogen-bond acceptors (Lipinski definition) is 7. The first-order chi connectivity index (χ1) is 16.5. The van der Waals surface area contributed by atoms with Crippen LogP contribution in [0.1, 0.15) is 32.4 Å². The van der Waals surface area contributed by atoms with Crippen LogP contribution in [-0.2, 0) is 11.3 Å². The number of aromatic hydroxyl groups is 1. The van der Waals surface area contributed by atoms with Crippen molar-refractivity contribution in [1.29, 1.82) is 0 Å². The highest BCUT2D eigenvalue weighted by Gasteiger charge is 2.31. The lowest BCUT2D eigenvalue weighted by Gasteiger charge is -2.34. The number of rotatable bonds is 6. The Balaban J connectivity index is 1.60. The standard InChI is InChI=1S/C23H27F3N6O3/c1-14(2)32-13-18-19(21(32)34)28-22(31-10-8-30(9-11-31)15(3)33)29-20(18)27-12-16-4-6-17(7-5-16)35-23(24,25)26/h4-7,13-14,34H,8-12H2,1-3H3,(H,27,28,29). The van der Waals surface area contributed by atoms with Crippen molar-refractivity contribution >= 4 is 28.6 Å². The van der Waals surface area contributed by atoms with Gasteiger partial charge in [-0.15, -0.1) is 13.2 Å². The van der Waals surface area contributed by atoms with Crippen LogP contribution in [0.15, 0.2) is 30.5 Å². The van der Waals surface area contributed by atoms with Gasteiger partial charge in [0.1, 0.15) is 17.1 Å². The SMILES string of the molecule is CC(=O)N1CCN(c2nc(NCc3ccc(OC(F)(F)F)cc3)c3cn(C(C)C)c(O)c3n2)CC1. The lowest BCUT2D eigenvalue weighted by atomic mass is 10.2. The number of halogens is 3. The van der Waals surface area contributed by atoms with Crippen molar-refractivity contribution in [2.24, 2.45) is 0 Å². The van der Waals surface area contributed by atoms with Crippen molar-refractivity contribution in [3.63, 3.8) is 0 Å². The molecule has 4 rings (SSSR count). The molecule has 0 spiro atoms. The number of nitrogens with one attached hydrogen (secondary N) is 1. The van der Waals surface area contributed by atoms with E-state index in [1.165, 1.54) is 31.2 Å². The number of hydrogen-bond donors (Lipinski definition) is 2. The first-order valence-corrected chi connectivity index (χ1v) is 11.2. The number of aromatic nitrogens is 3. The number of ether oxygens (including phenoxy) is 1. The second-order valence-corrected chi connectivity index (χ2v) is 8.63. The van der Waals surface area contributed by atoms with E-state index >= 15 is 0 Å². The summed E-state index contributed by atoms with van der Waals surface area (Å²) in [7, 11) is 0. The molecule has 188 valence electrons. The van der Waals surface area contributed by atoms with Gasteiger partial charge >= 0.3 is 6.36 Å². The molecule has 1 aliphatic rings. The molecule has 0 radical (unpaired) electrons. The molecule has 9 nitrogen and oxygen atoms in total. The average molecular weight is 493 g/mol. The quantitative estimate of drug-likeness (QED) is 0.539. The van der Waals surface area contributed by atoms with Gasteiger partial charge in [0.2, 0.25) is 17.7 Å². The van der Waals surface area contributed by atoms with Gasteiger partial charge in [0.05, 0.1) is 5.39 Å². The molecule has 2 aromatic heterocycles. The van der Waals surface area contributed by atoms with Crippen LogP contribution in [0.5, 0.6) is 11.6 Å². The maximum absolute atomic E-state index is 12.4. The Morgan fingerprint density at radius 3 is 2.37 bits per heavy atom. The molecule has 1 fully saturated rings. The Bertz CT molecular complexity index is 1200. The number of nitrogens with zero attached hydrogens (tertiary/aromatic N) is 5. The van der Waals surface area contributed by atoms with Gasteiger partial charge in [-0.1, -0.05) is 12.1 Å². The first kappa shape index (κ1) is 24.4. The fraction of sp³-hybridized carbons (Fsp3) is 0.435. The molecule has 12 heteroatoms. The highest BCUT2D eigenvalue weighted by Crippen LogP contribution is 2.34. The second kappa shape index (κ2) is 9.51. The van der Waals surface area contributed by atoms with Crippen LogP contribution in [0.4, 0.5) is 24.9 Å². The van der Waals surface area contributed by atoms with Crippen molar-refractivity contribution in [3.05, 3.63) is 36.0 Å². The summed E-state index contributed by atoms with van der Waals surface area (Å²) in [6.07, 6.45) is -2.97. The number of piperazine rings is 1. The Labute approximate surface area is 200 Å². The molecule has 1 aromatic carbocycles. The highest BCUT2D eigenvalue weighted by molar-refractivity contribution is 5.94. The molecule has 1 saturated heterocycles. The van der Waals surface area contributed by atoms with Crippen LogP contribution in [0.3, 0.4) is 0 Å². The van der Waals surface area contributed by atoms with Crippen molar-refractivity contribution in [2.45, 2.75) is 39.7 Å². The van der Waals surface area contributed by atoms with Gasteiger partial charge < -0.3 is 29.5 Å². The fourth-order valence-corrected chi connectivity index (χ4v) is 3.96. The zero-order valence-electron chi connectivity index (χ0n) is 19.6. The number of fused-ring (bicyclic) bond motifs is 1. The zero-order valence-corrected chi connectivity index (χ0v) is 19.6. The molecule has 0 unspecified atom stereocenters. The predicted molar refractivity (Wildman–Crippen MR) is 124 cm³/mol. The Morgan fingerprint density at radius 1 is 1.14 bits per heavy atom. The van der Waals surface area contributed by atoms with E-state index in [4.69, 9.17) is 4.98 Å². The number of benzene rings is 1. The van der Waals surface area contributed by atoms with E-state index < -0.39 is 6.36 Å². The van der Waals surface area contributed by atoms with Crippen LogP contribution >= 0.6 is 0 Å². The lowest BCUT2D eigenvalue weighted by molar-refractivity contribution is -0.274. The fourth-order valence-electron chi connectivity index (χ4n) is 3.96. The van der Waals surface area contributed by atoms with E-state index in [-0.39, 0.29) is 30.1 Å². The lowest BCUT2D eigenvalue weighted by Crippen LogP contribution is -2.48. The molecule has 2 N–H and O–H groups in total. The number of anilines is 2. The molecular formula is C23H27F3N6O3. The third-order valence-corrected chi connectivity index (χ3v) is 5.84. The summed E-state index contributed by atoms with van der Waals surface area (Å²) >= 11 is 0. The minimum Gasteiger partial charge on any atom is -0.493 e. The van der Waals surface area contributed by atoms with Gasteiger partial charge in [-0.3, -0.25) is 4.79 Å². The average Bonchev–Trinajstić information content (AvgIpc) is 3.14. The number of amides is 1. The zero-order chi connectivity index (χ0) is 25.3. The van der Waals surface area contributed by atoms with E-state index in [1.807, 2.05) is 18.7 Å². The minimum absolute atomic E-state index is 0.0132. The maximum Gasteiger partial charge on any atom is 0.573 e. The predicted octanol–water partition coefficient (Wildman–Crippen LogP) is 3.90. The van der Waals surface area contributed by atoms with E-state index in [2.05, 4.69) is 15.0 Å². The second-order valence-electron chi connectivity index (χ2n) is 8.63. The third kappa shape index (κ3) is 5.52. The molecule has 3 heterocycles. The van der Waals surface area contributed by atoms with Gasteiger partial charge in [0.15, 0.2) is 0 Å². The normalized spacial score (nSPS) is 14.6. The van der Waals surface area contributed by atoms with Crippen LogP contribution < -0.4 is 15.0 Å². The minimum atomic E-state index is -4.75. The third-order valence-electron chi connectivity index (χ3n) is 5.84. The smallest absolute Gasteiger partial charge is 0.493 e. The van der Waals surface area contributed by atoms with E-state index in [0.29, 0.717) is 48.8 Å². The maximum atomic E-state index is 12.4. The largest absolute Gasteiger partial charge is 0.573 e. The van der Waals surface area contributed by atoms with Gasteiger partial charge in [-0.2, -0.15) is 4.98 Å². The van der Waals surface area contributed by atoms with E-state index in [0.717, 1.165) is 5.56 Å². The van der Waals surface area contributed by atoms with Crippen LogP contribution in [0.2, 0.25) is 0 Å². The molecule has 1 aliphatic heterocycles. The molecule has 3 aromatic rings. The van der Waals surface area contributed by atoms with Gasteiger partial charge in [-0.25, -0.2) is 4.98 Å². The van der Waals surface area contributed by atoms with Gasteiger partial charge in [-0.05, 0) is 31.5 Å². The van der Waals surface area contributed by atoms with Crippen molar-refractivity contribution in [2.75, 3.05) is 36.4 Å². The summed E-state index contributed by atoms with van der Waals surface area (Å²) in [4.78, 5) is 24.7. The number of carbonyl (C=O) groups is 1. The van der Waals surface area contributed by atoms with Gasteiger partial charge in [0, 0.05) is 51.9 Å². The Morgan fingerprint density at radius 2 is 1.80 bits per heavy atom. The summed E-state index contributed by atoms with van der Waals surface area (Å²) in [6, 6.07) is 5.55. The van der Waals surface area contributed by atoms with Gasteiger partial charge in [0.25, 0.3) is 0 Å². The van der Waals surface area contributed by atoms with E-state index in [9.17, 15) is 23.1 Å². The first-order valence-electron chi connectivity index (χ1n) is 11.2. The van der Waals surface area contributed by atoms with Crippen molar-refractivity contribution in [1.82, 2.24) is 19.4 Å². The molecule has 0 saturated carbocycles. The molecular weight excluding hydrogens is 465 g/mol. The number of alkyl halides is 3. The molecule has 1 amide bonds. The summed E-state index contributed by atoms with van der Waals surface area (Å²) in [5, 5.41) is 14.7. The molecule has 0 bridgehead atoms. The van der Waals surface area contributed by atoms with Crippen LogP contribution in [0.25, 0.3) is 10.9 Å². The summed E-state index contributed by atoms with van der Waals surface area (Å²) in [6.45, 7) is 7.89. The summed E-state index contributed by atoms with van der Waals surface area (Å²) < 4.78 is 42.8. The Hall–Kier alpha value is -3.70. The summed E-state index contributed by atoms with van der Waals surface area (Å²) in [5.41, 5.74) is 1.12. The number of carbonyl (C=O) groups excluding carboxylic acids is 1. The molecule has 0 aliphatic carbocycles. The van der Waals surface area contributed by atoms with Crippen LogP contribution in [0, 0.1) is 0 Å². The highest BCUT2D eigenvalue weighted by atomic mass is 19.4. The van der Waals surface area contributed by atoms with E-state index in [1.54, 1.807) is 15.7 Å². The Kier molecular flexibility index (Phi) is 6.64. The molecule has 0 atom stereocenters. The van der Waals surface area contributed by atoms with Crippen LogP contribution in [-0.4, -0.2) is 63.0 Å². The topological polar surface area (TPSA) is 95.8 Å². The summed E-state index contributed by atoms with van der Waals surface area (Å²) in [5.74, 6) is 0.661. The van der Waals surface area contributed by atoms with Crippen molar-refractivity contribution in [3.8, 4) is 11.6 Å². The monoisotopic (exact) mass is 492 g/mol. The molecule has 35 heavy (non-hydrogen) atoms. The van der Waals surface area contributed by atoms with Crippen molar-refractivity contribution < 1.29 is 27.8 Å².